The fraction of sp³-hybridized carbons (Fsp3) is 1.00. The number of rotatable bonds is 15. The van der Waals surface area contributed by atoms with E-state index in [9.17, 15) is 0 Å². The average molecular weight is 331 g/mol. The van der Waals surface area contributed by atoms with Gasteiger partial charge in [-0.2, -0.15) is 0 Å². The summed E-state index contributed by atoms with van der Waals surface area (Å²) in [6.07, 6.45) is 19.6. The van der Waals surface area contributed by atoms with Crippen LogP contribution < -0.4 is 0 Å². The quantitative estimate of drug-likeness (QED) is 0.378. The Morgan fingerprint density at radius 3 is 1.77 bits per heavy atom. The van der Waals surface area contributed by atoms with Crippen LogP contribution in [0.3, 0.4) is 0 Å². The zero-order valence-corrected chi connectivity index (χ0v) is 15.5. The van der Waals surface area contributed by atoms with Crippen LogP contribution in [0.2, 0.25) is 0 Å². The minimum atomic E-state index is 0.0944. The van der Waals surface area contributed by atoms with Crippen LogP contribution >= 0.6 is 11.8 Å². The smallest absolute Gasteiger partial charge is 0.103 e. The molecule has 0 bridgehead atoms. The van der Waals surface area contributed by atoms with Gasteiger partial charge in [0, 0.05) is 5.75 Å². The Morgan fingerprint density at radius 1 is 0.818 bits per heavy atom. The van der Waals surface area contributed by atoms with Crippen molar-refractivity contribution in [1.29, 1.82) is 0 Å². The summed E-state index contributed by atoms with van der Waals surface area (Å²) in [6, 6.07) is 0. The second kappa shape index (κ2) is 14.8. The van der Waals surface area contributed by atoms with Gasteiger partial charge in [-0.25, -0.2) is 0 Å². The van der Waals surface area contributed by atoms with E-state index in [1.807, 2.05) is 11.8 Å². The normalized spacial score (nSPS) is 21.5. The standard InChI is InChI=1S/C19H38O2S/c1-2-3-4-5-6-7-8-9-10-11-12-13-14-15-19-21-18(16-20)17-22-19/h18-20H,2-17H2,1H3/t18-,19+/m0/s1. The van der Waals surface area contributed by atoms with Gasteiger partial charge >= 0.3 is 0 Å². The molecule has 0 aromatic rings. The average Bonchev–Trinajstić information content (AvgIpc) is 3.00. The van der Waals surface area contributed by atoms with Gasteiger partial charge in [0.05, 0.1) is 12.7 Å². The summed E-state index contributed by atoms with van der Waals surface area (Å²) in [5.74, 6) is 0.972. The highest BCUT2D eigenvalue weighted by Crippen LogP contribution is 2.29. The molecule has 22 heavy (non-hydrogen) atoms. The lowest BCUT2D eigenvalue weighted by Crippen LogP contribution is -2.16. The topological polar surface area (TPSA) is 29.5 Å². The molecule has 0 spiro atoms. The summed E-state index contributed by atoms with van der Waals surface area (Å²) in [7, 11) is 0. The van der Waals surface area contributed by atoms with Crippen molar-refractivity contribution in [1.82, 2.24) is 0 Å². The van der Waals surface area contributed by atoms with Crippen molar-refractivity contribution < 1.29 is 9.84 Å². The Hall–Kier alpha value is 0.270. The lowest BCUT2D eigenvalue weighted by atomic mass is 10.0. The maximum absolute atomic E-state index is 9.03. The summed E-state index contributed by atoms with van der Waals surface area (Å²) >= 11 is 1.88. The van der Waals surface area contributed by atoms with Gasteiger partial charge in [0.15, 0.2) is 0 Å². The molecule has 2 nitrogen and oxygen atoms in total. The first-order chi connectivity index (χ1) is 10.9. The number of unbranched alkanes of at least 4 members (excludes halogenated alkanes) is 12. The van der Waals surface area contributed by atoms with Crippen molar-refractivity contribution in [3.8, 4) is 0 Å². The van der Waals surface area contributed by atoms with E-state index in [2.05, 4.69) is 6.92 Å². The summed E-state index contributed by atoms with van der Waals surface area (Å²) in [5.41, 5.74) is 0.352. The van der Waals surface area contributed by atoms with E-state index in [-0.39, 0.29) is 12.7 Å². The van der Waals surface area contributed by atoms with Crippen LogP contribution in [-0.4, -0.2) is 29.0 Å². The lowest BCUT2D eigenvalue weighted by molar-refractivity contribution is 0.0234. The van der Waals surface area contributed by atoms with Crippen LogP contribution in [0.4, 0.5) is 0 Å². The first-order valence-corrected chi connectivity index (χ1v) is 10.8. The van der Waals surface area contributed by atoms with Gasteiger partial charge in [0.2, 0.25) is 0 Å². The fourth-order valence-electron chi connectivity index (χ4n) is 3.08. The van der Waals surface area contributed by atoms with Crippen molar-refractivity contribution in [2.24, 2.45) is 0 Å². The van der Waals surface area contributed by atoms with Crippen molar-refractivity contribution in [2.45, 2.75) is 108 Å². The first-order valence-electron chi connectivity index (χ1n) is 9.74. The molecule has 0 aromatic heterocycles. The monoisotopic (exact) mass is 330 g/mol. The second-order valence-electron chi connectivity index (χ2n) is 6.73. The third kappa shape index (κ3) is 10.9. The summed E-state index contributed by atoms with van der Waals surface area (Å²) in [4.78, 5) is 0. The largest absolute Gasteiger partial charge is 0.394 e. The molecular weight excluding hydrogens is 292 g/mol. The number of aliphatic hydroxyl groups excluding tert-OH is 1. The van der Waals surface area contributed by atoms with Crippen molar-refractivity contribution in [3.05, 3.63) is 0 Å². The van der Waals surface area contributed by atoms with E-state index in [1.165, 1.54) is 89.9 Å². The third-order valence-corrected chi connectivity index (χ3v) is 5.84. The molecule has 2 atom stereocenters. The van der Waals surface area contributed by atoms with Crippen LogP contribution in [0.1, 0.15) is 96.8 Å². The van der Waals surface area contributed by atoms with Gasteiger partial charge < -0.3 is 9.84 Å². The second-order valence-corrected chi connectivity index (χ2v) is 7.93. The SMILES string of the molecule is CCCCCCCCCCCCCCC[C@@H]1O[C@@H](CO)CS1. The molecule has 0 radical (unpaired) electrons. The Labute approximate surface area is 142 Å². The molecule has 0 aliphatic carbocycles. The van der Waals surface area contributed by atoms with Gasteiger partial charge in [0.25, 0.3) is 0 Å². The molecule has 0 saturated carbocycles. The van der Waals surface area contributed by atoms with Crippen molar-refractivity contribution in [2.75, 3.05) is 12.4 Å². The number of hydrogen-bond acceptors (Lipinski definition) is 3. The van der Waals surface area contributed by atoms with E-state index in [4.69, 9.17) is 9.84 Å². The maximum Gasteiger partial charge on any atom is 0.103 e. The van der Waals surface area contributed by atoms with Crippen molar-refractivity contribution >= 4 is 11.8 Å². The third-order valence-electron chi connectivity index (χ3n) is 4.56. The van der Waals surface area contributed by atoms with Gasteiger partial charge in [-0.1, -0.05) is 84.0 Å². The molecular formula is C19H38O2S. The highest BCUT2D eigenvalue weighted by Gasteiger charge is 2.24. The summed E-state index contributed by atoms with van der Waals surface area (Å²) in [5, 5.41) is 9.03. The summed E-state index contributed by atoms with van der Waals surface area (Å²) in [6.45, 7) is 2.47. The van der Waals surface area contributed by atoms with E-state index < -0.39 is 0 Å². The highest BCUT2D eigenvalue weighted by atomic mass is 32.2. The Balaban J connectivity index is 1.72. The highest BCUT2D eigenvalue weighted by molar-refractivity contribution is 8.00. The van der Waals surface area contributed by atoms with Crippen LogP contribution in [-0.2, 0) is 4.74 Å². The number of hydrogen-bond donors (Lipinski definition) is 1. The molecule has 1 N–H and O–H groups in total. The minimum absolute atomic E-state index is 0.0944. The molecule has 1 rings (SSSR count). The maximum atomic E-state index is 9.03. The van der Waals surface area contributed by atoms with Gasteiger partial charge in [-0.3, -0.25) is 0 Å². The molecule has 1 saturated heterocycles. The number of aliphatic hydroxyl groups is 1. The zero-order chi connectivity index (χ0) is 15.9. The first kappa shape index (κ1) is 20.3. The summed E-state index contributed by atoms with van der Waals surface area (Å²) < 4.78 is 5.73. The molecule has 0 aromatic carbocycles. The number of ether oxygens (including phenoxy) is 1. The van der Waals surface area contributed by atoms with E-state index in [1.54, 1.807) is 0 Å². The Bertz CT molecular complexity index is 235. The van der Waals surface area contributed by atoms with Gasteiger partial charge in [-0.05, 0) is 12.8 Å². The molecule has 1 aliphatic heterocycles. The van der Waals surface area contributed by atoms with E-state index in [0.29, 0.717) is 5.44 Å². The predicted octanol–water partition coefficient (Wildman–Crippen LogP) is 5.92. The molecule has 1 fully saturated rings. The molecule has 132 valence electrons. The molecule has 1 aliphatic rings. The molecule has 3 heteroatoms. The van der Waals surface area contributed by atoms with Crippen LogP contribution in [0.5, 0.6) is 0 Å². The Kier molecular flexibility index (Phi) is 13.7. The zero-order valence-electron chi connectivity index (χ0n) is 14.7. The molecule has 0 unspecified atom stereocenters. The minimum Gasteiger partial charge on any atom is -0.394 e. The predicted molar refractivity (Wildman–Crippen MR) is 98.5 cm³/mol. The van der Waals surface area contributed by atoms with Crippen LogP contribution in [0, 0.1) is 0 Å². The molecule has 1 heterocycles. The fourth-order valence-corrected chi connectivity index (χ4v) is 4.27. The van der Waals surface area contributed by atoms with Crippen LogP contribution in [0.25, 0.3) is 0 Å². The Morgan fingerprint density at radius 2 is 1.32 bits per heavy atom. The van der Waals surface area contributed by atoms with E-state index >= 15 is 0 Å². The molecule has 0 amide bonds. The van der Waals surface area contributed by atoms with E-state index in [0.717, 1.165) is 5.75 Å². The van der Waals surface area contributed by atoms with Crippen molar-refractivity contribution in [3.63, 3.8) is 0 Å². The van der Waals surface area contributed by atoms with Crippen LogP contribution in [0.15, 0.2) is 0 Å². The number of thioether (sulfide) groups is 1. The van der Waals surface area contributed by atoms with Gasteiger partial charge in [-0.15, -0.1) is 11.8 Å². The lowest BCUT2D eigenvalue weighted by Gasteiger charge is -2.10. The van der Waals surface area contributed by atoms with Gasteiger partial charge in [0.1, 0.15) is 5.44 Å².